The molecule has 0 amide bonds. The van der Waals surface area contributed by atoms with E-state index in [4.69, 9.17) is 0 Å². The van der Waals surface area contributed by atoms with Crippen molar-refractivity contribution in [3.63, 3.8) is 0 Å². The number of aliphatic hydroxyl groups excluding tert-OH is 1. The molecule has 0 bridgehead atoms. The molecule has 126 valence electrons. The van der Waals surface area contributed by atoms with Crippen molar-refractivity contribution in [3.05, 3.63) is 11.6 Å². The Bertz CT molecular complexity index is 608. The molecule has 0 aliphatic heterocycles. The lowest BCUT2D eigenvalue weighted by Gasteiger charge is -2.62. The summed E-state index contributed by atoms with van der Waals surface area (Å²) in [4.78, 5) is 24.3. The van der Waals surface area contributed by atoms with Crippen molar-refractivity contribution in [2.75, 3.05) is 6.61 Å². The second-order valence-corrected chi connectivity index (χ2v) is 8.42. The number of hydrogen-bond acceptors (Lipinski definition) is 4. The molecule has 0 spiro atoms. The summed E-state index contributed by atoms with van der Waals surface area (Å²) in [6, 6.07) is 0. The van der Waals surface area contributed by atoms with Gasteiger partial charge in [-0.2, -0.15) is 0 Å². The summed E-state index contributed by atoms with van der Waals surface area (Å²) in [6.45, 7) is 2.03. The maximum absolute atomic E-state index is 12.4. The van der Waals surface area contributed by atoms with Crippen LogP contribution in [0.15, 0.2) is 11.6 Å². The first-order valence-corrected chi connectivity index (χ1v) is 8.98. The van der Waals surface area contributed by atoms with Gasteiger partial charge in [0.25, 0.3) is 0 Å². The lowest BCUT2D eigenvalue weighted by atomic mass is 9.45. The Morgan fingerprint density at radius 2 is 1.83 bits per heavy atom. The number of hydrogen-bond donors (Lipinski definition) is 2. The van der Waals surface area contributed by atoms with E-state index >= 15 is 0 Å². The zero-order valence-electron chi connectivity index (χ0n) is 13.8. The van der Waals surface area contributed by atoms with Crippen molar-refractivity contribution in [2.24, 2.45) is 22.7 Å². The quantitative estimate of drug-likeness (QED) is 0.777. The number of rotatable bonds is 1. The molecule has 4 rings (SSSR count). The minimum Gasteiger partial charge on any atom is -0.395 e. The molecule has 23 heavy (non-hydrogen) atoms. The van der Waals surface area contributed by atoms with Crippen LogP contribution in [0.5, 0.6) is 0 Å². The van der Waals surface area contributed by atoms with Crippen molar-refractivity contribution in [2.45, 2.75) is 63.9 Å². The maximum Gasteiger partial charge on any atom is 0.155 e. The highest BCUT2D eigenvalue weighted by Gasteiger charge is 2.66. The van der Waals surface area contributed by atoms with Crippen molar-refractivity contribution < 1.29 is 19.8 Å². The first-order valence-electron chi connectivity index (χ1n) is 8.98. The van der Waals surface area contributed by atoms with Crippen LogP contribution in [-0.4, -0.2) is 34.0 Å². The molecule has 3 fully saturated rings. The highest BCUT2D eigenvalue weighted by molar-refractivity contribution is 5.92. The molecule has 0 aromatic carbocycles. The summed E-state index contributed by atoms with van der Waals surface area (Å²) in [5, 5.41) is 21.7. The highest BCUT2D eigenvalue weighted by atomic mass is 16.3. The molecule has 0 saturated heterocycles. The molecule has 4 heteroatoms. The van der Waals surface area contributed by atoms with E-state index in [-0.39, 0.29) is 35.4 Å². The van der Waals surface area contributed by atoms with Gasteiger partial charge >= 0.3 is 0 Å². The molecular formula is C19H26O4. The molecule has 0 aromatic rings. The Labute approximate surface area is 137 Å². The SMILES string of the molecule is C[C@]12CCC(=O)C=C1CC[C@H]1[C@H]3CCC(=O)[C@@]3(CO)CC[C@@]12O. The zero-order valence-corrected chi connectivity index (χ0v) is 13.8. The predicted molar refractivity (Wildman–Crippen MR) is 84.6 cm³/mol. The molecule has 4 aliphatic carbocycles. The number of carbonyl (C=O) groups is 2. The predicted octanol–water partition coefficient (Wildman–Crippen LogP) is 2.17. The summed E-state index contributed by atoms with van der Waals surface area (Å²) >= 11 is 0. The summed E-state index contributed by atoms with van der Waals surface area (Å²) in [6.07, 6.45) is 7.11. The van der Waals surface area contributed by atoms with Crippen LogP contribution >= 0.6 is 0 Å². The lowest BCUT2D eigenvalue weighted by molar-refractivity contribution is -0.195. The van der Waals surface area contributed by atoms with E-state index in [1.165, 1.54) is 0 Å². The van der Waals surface area contributed by atoms with Gasteiger partial charge in [0.2, 0.25) is 0 Å². The molecule has 0 unspecified atom stereocenters. The Morgan fingerprint density at radius 1 is 1.09 bits per heavy atom. The molecule has 2 N–H and O–H groups in total. The fourth-order valence-corrected chi connectivity index (χ4v) is 6.38. The summed E-state index contributed by atoms with van der Waals surface area (Å²) < 4.78 is 0. The van der Waals surface area contributed by atoms with Crippen molar-refractivity contribution >= 4 is 11.6 Å². The molecule has 5 atom stereocenters. The third-order valence-corrected chi connectivity index (χ3v) is 7.88. The maximum atomic E-state index is 12.4. The van der Waals surface area contributed by atoms with E-state index in [1.807, 2.05) is 0 Å². The topological polar surface area (TPSA) is 74.6 Å². The van der Waals surface area contributed by atoms with E-state index in [9.17, 15) is 19.8 Å². The summed E-state index contributed by atoms with van der Waals surface area (Å²) in [5.41, 5.74) is -0.699. The highest BCUT2D eigenvalue weighted by Crippen LogP contribution is 2.66. The minimum atomic E-state index is -0.842. The average molecular weight is 318 g/mol. The molecule has 0 radical (unpaired) electrons. The largest absolute Gasteiger partial charge is 0.395 e. The summed E-state index contributed by atoms with van der Waals surface area (Å²) in [7, 11) is 0. The smallest absolute Gasteiger partial charge is 0.155 e. The van der Waals surface area contributed by atoms with Gasteiger partial charge in [0, 0.05) is 18.3 Å². The standard InChI is InChI=1S/C19H26O4/c1-17-7-6-13(21)10-12(17)2-3-15-14-4-5-16(22)18(14,11-20)8-9-19(15,17)23/h10,14-15,20,23H,2-9,11H2,1H3/t14-,15+,17+,18-,19-/m1/s1. The van der Waals surface area contributed by atoms with Crippen LogP contribution in [0, 0.1) is 22.7 Å². The first-order chi connectivity index (χ1) is 10.9. The number of carbonyl (C=O) groups excluding carboxylic acids is 2. The van der Waals surface area contributed by atoms with Crippen molar-refractivity contribution in [1.82, 2.24) is 0 Å². The van der Waals surface area contributed by atoms with E-state index in [0.717, 1.165) is 24.8 Å². The Hall–Kier alpha value is -1.00. The van der Waals surface area contributed by atoms with Gasteiger partial charge in [-0.15, -0.1) is 0 Å². The van der Waals surface area contributed by atoms with Crippen LogP contribution < -0.4 is 0 Å². The lowest BCUT2D eigenvalue weighted by Crippen LogP contribution is -2.64. The number of fused-ring (bicyclic) bond motifs is 5. The third kappa shape index (κ3) is 1.74. The van der Waals surface area contributed by atoms with Crippen molar-refractivity contribution in [1.29, 1.82) is 0 Å². The van der Waals surface area contributed by atoms with Gasteiger partial charge in [-0.05, 0) is 56.4 Å². The fraction of sp³-hybridized carbons (Fsp3) is 0.789. The van der Waals surface area contributed by atoms with Gasteiger partial charge in [0.05, 0.1) is 17.6 Å². The van der Waals surface area contributed by atoms with E-state index in [0.29, 0.717) is 32.1 Å². The molecule has 3 saturated carbocycles. The molecule has 4 aliphatic rings. The van der Waals surface area contributed by atoms with Gasteiger partial charge in [-0.25, -0.2) is 0 Å². The fourth-order valence-electron chi connectivity index (χ4n) is 6.38. The van der Waals surface area contributed by atoms with Crippen LogP contribution in [0.25, 0.3) is 0 Å². The molecule has 0 heterocycles. The van der Waals surface area contributed by atoms with Crippen LogP contribution in [-0.2, 0) is 9.59 Å². The molecule has 4 nitrogen and oxygen atoms in total. The normalized spacial score (nSPS) is 49.3. The second kappa shape index (κ2) is 4.76. The Balaban J connectivity index is 1.77. The second-order valence-electron chi connectivity index (χ2n) is 8.42. The Morgan fingerprint density at radius 3 is 2.57 bits per heavy atom. The van der Waals surface area contributed by atoms with Gasteiger partial charge in [0.1, 0.15) is 5.78 Å². The van der Waals surface area contributed by atoms with E-state index in [2.05, 4.69) is 6.92 Å². The summed E-state index contributed by atoms with van der Waals surface area (Å²) in [5.74, 6) is 0.522. The van der Waals surface area contributed by atoms with E-state index in [1.54, 1.807) is 6.08 Å². The Kier molecular flexibility index (Phi) is 3.21. The zero-order chi connectivity index (χ0) is 16.5. The minimum absolute atomic E-state index is 0.0604. The number of Topliss-reactive ketones (excluding diaryl/α,β-unsaturated/α-hetero) is 1. The molecular weight excluding hydrogens is 292 g/mol. The van der Waals surface area contributed by atoms with Gasteiger partial charge in [-0.1, -0.05) is 12.5 Å². The van der Waals surface area contributed by atoms with Crippen molar-refractivity contribution in [3.8, 4) is 0 Å². The van der Waals surface area contributed by atoms with Crippen LogP contribution in [0.4, 0.5) is 0 Å². The number of ketones is 2. The molecule has 0 aromatic heterocycles. The van der Waals surface area contributed by atoms with Gasteiger partial charge in [-0.3, -0.25) is 9.59 Å². The van der Waals surface area contributed by atoms with Crippen LogP contribution in [0.3, 0.4) is 0 Å². The van der Waals surface area contributed by atoms with Crippen LogP contribution in [0.2, 0.25) is 0 Å². The monoisotopic (exact) mass is 318 g/mol. The third-order valence-electron chi connectivity index (χ3n) is 7.88. The average Bonchev–Trinajstić information content (AvgIpc) is 2.86. The van der Waals surface area contributed by atoms with E-state index < -0.39 is 11.0 Å². The first kappa shape index (κ1) is 15.5. The van der Waals surface area contributed by atoms with Crippen LogP contribution in [0.1, 0.15) is 58.3 Å². The van der Waals surface area contributed by atoms with Gasteiger partial charge in [0.15, 0.2) is 5.78 Å². The van der Waals surface area contributed by atoms with Gasteiger partial charge < -0.3 is 10.2 Å². The number of aliphatic hydroxyl groups is 2.